The summed E-state index contributed by atoms with van der Waals surface area (Å²) < 4.78 is 0. The molecular formula is C12H15BrN2O2. The first-order chi connectivity index (χ1) is 8.02. The predicted octanol–water partition coefficient (Wildman–Crippen LogP) is 2.68. The molecule has 0 aliphatic rings. The smallest absolute Gasteiger partial charge is 0.225 e. The molecule has 0 spiro atoms. The number of hydrogen-bond donors (Lipinski definition) is 2. The third kappa shape index (κ3) is 4.56. The number of benzene rings is 1. The predicted molar refractivity (Wildman–Crippen MR) is 72.5 cm³/mol. The Balaban J connectivity index is 2.81. The monoisotopic (exact) mass is 298 g/mol. The van der Waals surface area contributed by atoms with E-state index in [1.807, 2.05) is 19.1 Å². The molecule has 0 aliphatic heterocycles. The summed E-state index contributed by atoms with van der Waals surface area (Å²) in [6.45, 7) is 3.35. The quantitative estimate of drug-likeness (QED) is 0.840. The molecule has 0 aliphatic carbocycles. The molecule has 0 aromatic heterocycles. The summed E-state index contributed by atoms with van der Waals surface area (Å²) in [5.41, 5.74) is 2.36. The highest BCUT2D eigenvalue weighted by molar-refractivity contribution is 9.09. The number of anilines is 2. The molecule has 0 saturated carbocycles. The van der Waals surface area contributed by atoms with Crippen LogP contribution in [0.4, 0.5) is 11.4 Å². The van der Waals surface area contributed by atoms with Crippen molar-refractivity contribution in [3.63, 3.8) is 0 Å². The molecule has 2 N–H and O–H groups in total. The second-order valence-electron chi connectivity index (χ2n) is 3.70. The van der Waals surface area contributed by atoms with Crippen LogP contribution in [0.3, 0.4) is 0 Å². The van der Waals surface area contributed by atoms with Crippen molar-refractivity contribution < 1.29 is 9.59 Å². The van der Waals surface area contributed by atoms with E-state index in [1.54, 1.807) is 6.07 Å². The summed E-state index contributed by atoms with van der Waals surface area (Å²) in [4.78, 5) is 22.4. The zero-order chi connectivity index (χ0) is 12.8. The van der Waals surface area contributed by atoms with Crippen molar-refractivity contribution in [2.24, 2.45) is 0 Å². The van der Waals surface area contributed by atoms with Gasteiger partial charge in [0.1, 0.15) is 0 Å². The number of hydrogen-bond acceptors (Lipinski definition) is 2. The van der Waals surface area contributed by atoms with Gasteiger partial charge in [-0.2, -0.15) is 0 Å². The summed E-state index contributed by atoms with van der Waals surface area (Å²) in [6, 6.07) is 5.42. The van der Waals surface area contributed by atoms with Gasteiger partial charge < -0.3 is 10.6 Å². The van der Waals surface area contributed by atoms with Gasteiger partial charge in [0.05, 0.1) is 0 Å². The highest BCUT2D eigenvalue weighted by Gasteiger charge is 2.05. The number of carbonyl (C=O) groups excluding carboxylic acids is 2. The number of carbonyl (C=O) groups is 2. The molecule has 0 fully saturated rings. The number of amides is 2. The number of aryl methyl sites for hydroxylation is 1. The molecular weight excluding hydrogens is 284 g/mol. The van der Waals surface area contributed by atoms with Crippen LogP contribution in [0, 0.1) is 6.92 Å². The van der Waals surface area contributed by atoms with E-state index in [0.29, 0.717) is 23.1 Å². The highest BCUT2D eigenvalue weighted by Crippen LogP contribution is 2.20. The van der Waals surface area contributed by atoms with Crippen LogP contribution in [0.1, 0.15) is 18.9 Å². The SMILES string of the molecule is CC(=O)Nc1cc(NC(=O)CCBr)ccc1C. The summed E-state index contributed by atoms with van der Waals surface area (Å²) in [5.74, 6) is -0.184. The number of alkyl halides is 1. The van der Waals surface area contributed by atoms with Crippen LogP contribution in [-0.4, -0.2) is 17.1 Å². The lowest BCUT2D eigenvalue weighted by Crippen LogP contribution is -2.12. The van der Waals surface area contributed by atoms with Gasteiger partial charge in [0.25, 0.3) is 0 Å². The van der Waals surface area contributed by atoms with E-state index >= 15 is 0 Å². The maximum atomic E-state index is 11.4. The summed E-state index contributed by atoms with van der Waals surface area (Å²) >= 11 is 3.20. The van der Waals surface area contributed by atoms with Crippen molar-refractivity contribution in [3.8, 4) is 0 Å². The second-order valence-corrected chi connectivity index (χ2v) is 4.49. The third-order valence-corrected chi connectivity index (χ3v) is 2.55. The van der Waals surface area contributed by atoms with E-state index in [-0.39, 0.29) is 11.8 Å². The molecule has 4 nitrogen and oxygen atoms in total. The molecule has 0 unspecified atom stereocenters. The maximum absolute atomic E-state index is 11.4. The lowest BCUT2D eigenvalue weighted by atomic mass is 10.1. The number of nitrogens with one attached hydrogen (secondary N) is 2. The largest absolute Gasteiger partial charge is 0.326 e. The average Bonchev–Trinajstić information content (AvgIpc) is 2.22. The maximum Gasteiger partial charge on any atom is 0.225 e. The van der Waals surface area contributed by atoms with Crippen LogP contribution in [0.2, 0.25) is 0 Å². The van der Waals surface area contributed by atoms with E-state index < -0.39 is 0 Å². The van der Waals surface area contributed by atoms with Gasteiger partial charge in [0.15, 0.2) is 0 Å². The summed E-state index contributed by atoms with van der Waals surface area (Å²) in [7, 11) is 0. The van der Waals surface area contributed by atoms with E-state index in [9.17, 15) is 9.59 Å². The van der Waals surface area contributed by atoms with Crippen molar-refractivity contribution >= 4 is 39.1 Å². The van der Waals surface area contributed by atoms with Gasteiger partial charge >= 0.3 is 0 Å². The van der Waals surface area contributed by atoms with Crippen molar-refractivity contribution in [2.45, 2.75) is 20.3 Å². The van der Waals surface area contributed by atoms with E-state index in [1.165, 1.54) is 6.92 Å². The Bertz CT molecular complexity index is 433. The van der Waals surface area contributed by atoms with Crippen molar-refractivity contribution in [2.75, 3.05) is 16.0 Å². The zero-order valence-corrected chi connectivity index (χ0v) is 11.4. The van der Waals surface area contributed by atoms with Crippen LogP contribution in [0.25, 0.3) is 0 Å². The first-order valence-corrected chi connectivity index (χ1v) is 6.39. The minimum Gasteiger partial charge on any atom is -0.326 e. The fraction of sp³-hybridized carbons (Fsp3) is 0.333. The highest BCUT2D eigenvalue weighted by atomic mass is 79.9. The molecule has 1 aromatic rings. The first kappa shape index (κ1) is 13.7. The first-order valence-electron chi connectivity index (χ1n) is 5.27. The van der Waals surface area contributed by atoms with Crippen LogP contribution in [0.5, 0.6) is 0 Å². The van der Waals surface area contributed by atoms with E-state index in [2.05, 4.69) is 26.6 Å². The Kier molecular flexibility index (Phi) is 5.15. The van der Waals surface area contributed by atoms with Gasteiger partial charge in [-0.15, -0.1) is 0 Å². The molecule has 1 aromatic carbocycles. The molecule has 0 atom stereocenters. The van der Waals surface area contributed by atoms with Crippen molar-refractivity contribution in [3.05, 3.63) is 23.8 Å². The van der Waals surface area contributed by atoms with Crippen molar-refractivity contribution in [1.82, 2.24) is 0 Å². The molecule has 17 heavy (non-hydrogen) atoms. The Labute approximate surface area is 109 Å². The topological polar surface area (TPSA) is 58.2 Å². The fourth-order valence-electron chi connectivity index (χ4n) is 1.33. The molecule has 0 radical (unpaired) electrons. The molecule has 1 rings (SSSR count). The lowest BCUT2D eigenvalue weighted by molar-refractivity contribution is -0.116. The van der Waals surface area contributed by atoms with Gasteiger partial charge in [-0.05, 0) is 24.6 Å². The van der Waals surface area contributed by atoms with Gasteiger partial charge in [0, 0.05) is 30.0 Å². The Morgan fingerprint density at radius 2 is 2.00 bits per heavy atom. The normalized spacial score (nSPS) is 9.82. The average molecular weight is 299 g/mol. The van der Waals surface area contributed by atoms with Gasteiger partial charge in [-0.25, -0.2) is 0 Å². The lowest BCUT2D eigenvalue weighted by Gasteiger charge is -2.10. The Hall–Kier alpha value is -1.36. The number of rotatable bonds is 4. The minimum absolute atomic E-state index is 0.0560. The van der Waals surface area contributed by atoms with E-state index in [4.69, 9.17) is 0 Å². The molecule has 5 heteroatoms. The van der Waals surface area contributed by atoms with Crippen LogP contribution in [-0.2, 0) is 9.59 Å². The molecule has 0 bridgehead atoms. The Morgan fingerprint density at radius 3 is 2.59 bits per heavy atom. The molecule has 0 heterocycles. The van der Waals surface area contributed by atoms with Crippen LogP contribution >= 0.6 is 15.9 Å². The fourth-order valence-corrected chi connectivity index (χ4v) is 1.69. The standard InChI is InChI=1S/C12H15BrN2O2/c1-8-3-4-10(15-12(17)5-6-13)7-11(8)14-9(2)16/h3-4,7H,5-6H2,1-2H3,(H,14,16)(H,15,17). The van der Waals surface area contributed by atoms with Crippen LogP contribution in [0.15, 0.2) is 18.2 Å². The summed E-state index contributed by atoms with van der Waals surface area (Å²) in [5, 5.41) is 6.11. The van der Waals surface area contributed by atoms with Crippen molar-refractivity contribution in [1.29, 1.82) is 0 Å². The molecule has 0 saturated heterocycles. The molecule has 92 valence electrons. The Morgan fingerprint density at radius 1 is 1.29 bits per heavy atom. The zero-order valence-electron chi connectivity index (χ0n) is 9.84. The second kappa shape index (κ2) is 6.39. The van der Waals surface area contributed by atoms with E-state index in [0.717, 1.165) is 5.56 Å². The van der Waals surface area contributed by atoms with Crippen LogP contribution < -0.4 is 10.6 Å². The number of halogens is 1. The third-order valence-electron chi connectivity index (χ3n) is 2.15. The summed E-state index contributed by atoms with van der Waals surface area (Å²) in [6.07, 6.45) is 0.420. The van der Waals surface area contributed by atoms with Gasteiger partial charge in [0.2, 0.25) is 11.8 Å². The molecule has 2 amide bonds. The van der Waals surface area contributed by atoms with Gasteiger partial charge in [-0.3, -0.25) is 9.59 Å². The van der Waals surface area contributed by atoms with Gasteiger partial charge in [-0.1, -0.05) is 22.0 Å². The minimum atomic E-state index is -0.128.